The molecule has 8 heteroatoms. The van der Waals surface area contributed by atoms with Crippen LogP contribution in [-0.4, -0.2) is 12.5 Å². The number of anilines is 1. The molecule has 0 saturated heterocycles. The summed E-state index contributed by atoms with van der Waals surface area (Å²) in [7, 11) is 0. The highest BCUT2D eigenvalue weighted by molar-refractivity contribution is 6.35. The summed E-state index contributed by atoms with van der Waals surface area (Å²) in [5, 5.41) is 4.25. The van der Waals surface area contributed by atoms with Crippen molar-refractivity contribution >= 4 is 57.4 Å². The summed E-state index contributed by atoms with van der Waals surface area (Å²) in [6.07, 6.45) is 0. The van der Waals surface area contributed by atoms with Crippen molar-refractivity contribution in [1.29, 1.82) is 0 Å². The first-order chi connectivity index (χ1) is 15.3. The van der Waals surface area contributed by atoms with E-state index in [1.165, 1.54) is 6.07 Å². The fourth-order valence-electron chi connectivity index (χ4n) is 3.12. The molecule has 32 heavy (non-hydrogen) atoms. The van der Waals surface area contributed by atoms with E-state index in [2.05, 4.69) is 5.32 Å². The van der Waals surface area contributed by atoms with Crippen LogP contribution in [0.3, 0.4) is 0 Å². The molecule has 1 aromatic heterocycles. The quantitative estimate of drug-likeness (QED) is 0.337. The van der Waals surface area contributed by atoms with Crippen molar-refractivity contribution in [3.63, 3.8) is 0 Å². The number of ether oxygens (including phenoxy) is 1. The Hall–Kier alpha value is -2.99. The predicted molar refractivity (Wildman–Crippen MR) is 128 cm³/mol. The molecule has 0 atom stereocenters. The minimum absolute atomic E-state index is 0.0731. The summed E-state index contributed by atoms with van der Waals surface area (Å²) >= 11 is 18.0. The van der Waals surface area contributed by atoms with E-state index in [0.29, 0.717) is 37.3 Å². The van der Waals surface area contributed by atoms with Crippen LogP contribution >= 0.6 is 34.8 Å². The zero-order chi connectivity index (χ0) is 22.8. The SMILES string of the molecule is Cc1ccc2c(=O)c(OCC(=O)Nc3cc(Cl)ccc3Cl)c(-c3ccc(Cl)cc3)oc2c1. The maximum atomic E-state index is 13.2. The van der Waals surface area contributed by atoms with Crippen molar-refractivity contribution < 1.29 is 13.9 Å². The molecule has 4 rings (SSSR count). The molecule has 162 valence electrons. The summed E-state index contributed by atoms with van der Waals surface area (Å²) in [5.41, 5.74) is 1.90. The van der Waals surface area contributed by atoms with Crippen LogP contribution < -0.4 is 15.5 Å². The molecule has 0 spiro atoms. The van der Waals surface area contributed by atoms with Crippen molar-refractivity contribution in [2.75, 3.05) is 11.9 Å². The summed E-state index contributed by atoms with van der Waals surface area (Å²) in [4.78, 5) is 25.7. The summed E-state index contributed by atoms with van der Waals surface area (Å²) in [5.74, 6) is -0.381. The van der Waals surface area contributed by atoms with Gasteiger partial charge in [0, 0.05) is 15.6 Å². The van der Waals surface area contributed by atoms with Crippen molar-refractivity contribution in [2.45, 2.75) is 6.92 Å². The summed E-state index contributed by atoms with van der Waals surface area (Å²) < 4.78 is 11.7. The number of benzene rings is 3. The molecular weight excluding hydrogens is 473 g/mol. The van der Waals surface area contributed by atoms with Gasteiger partial charge < -0.3 is 14.5 Å². The number of hydrogen-bond acceptors (Lipinski definition) is 4. The Morgan fingerprint density at radius 2 is 1.69 bits per heavy atom. The molecule has 0 fully saturated rings. The van der Waals surface area contributed by atoms with Crippen LogP contribution in [0, 0.1) is 6.92 Å². The predicted octanol–water partition coefficient (Wildman–Crippen LogP) is 6.75. The second-order valence-corrected chi connectivity index (χ2v) is 8.34. The maximum absolute atomic E-state index is 13.2. The van der Waals surface area contributed by atoms with E-state index in [4.69, 9.17) is 44.0 Å². The van der Waals surface area contributed by atoms with Crippen LogP contribution in [0.1, 0.15) is 5.56 Å². The molecule has 3 aromatic carbocycles. The number of fused-ring (bicyclic) bond motifs is 1. The first-order valence-corrected chi connectivity index (χ1v) is 10.7. The van der Waals surface area contributed by atoms with Crippen LogP contribution in [0.15, 0.2) is 69.9 Å². The van der Waals surface area contributed by atoms with Gasteiger partial charge in [-0.3, -0.25) is 9.59 Å². The fraction of sp³-hybridized carbons (Fsp3) is 0.0833. The van der Waals surface area contributed by atoms with Gasteiger partial charge in [0.1, 0.15) is 5.58 Å². The van der Waals surface area contributed by atoms with Crippen LogP contribution in [-0.2, 0) is 4.79 Å². The van der Waals surface area contributed by atoms with Crippen molar-refractivity contribution in [2.24, 2.45) is 0 Å². The molecule has 1 amide bonds. The second kappa shape index (κ2) is 9.25. The fourth-order valence-corrected chi connectivity index (χ4v) is 3.59. The number of aryl methyl sites for hydroxylation is 1. The van der Waals surface area contributed by atoms with Crippen LogP contribution in [0.4, 0.5) is 5.69 Å². The smallest absolute Gasteiger partial charge is 0.262 e. The average molecular weight is 489 g/mol. The lowest BCUT2D eigenvalue weighted by atomic mass is 10.1. The Labute approximate surface area is 198 Å². The van der Waals surface area contributed by atoms with E-state index in [9.17, 15) is 9.59 Å². The zero-order valence-electron chi connectivity index (χ0n) is 16.7. The van der Waals surface area contributed by atoms with Gasteiger partial charge in [0.15, 0.2) is 12.4 Å². The largest absolute Gasteiger partial charge is 0.476 e. The molecule has 0 bridgehead atoms. The lowest BCUT2D eigenvalue weighted by Crippen LogP contribution is -2.22. The Balaban J connectivity index is 1.69. The second-order valence-electron chi connectivity index (χ2n) is 7.06. The van der Waals surface area contributed by atoms with E-state index in [-0.39, 0.29) is 16.9 Å². The van der Waals surface area contributed by atoms with Gasteiger partial charge in [-0.25, -0.2) is 0 Å². The van der Waals surface area contributed by atoms with E-state index in [0.717, 1.165) is 5.56 Å². The number of amides is 1. The standard InChI is InChI=1S/C24H16Cl3NO4/c1-13-2-8-17-20(10-13)32-23(14-3-5-15(25)6-4-14)24(22(17)30)31-12-21(29)28-19-11-16(26)7-9-18(19)27/h2-11H,12H2,1H3,(H,28,29). The van der Waals surface area contributed by atoms with Gasteiger partial charge in [-0.1, -0.05) is 40.9 Å². The maximum Gasteiger partial charge on any atom is 0.262 e. The molecule has 5 nitrogen and oxygen atoms in total. The molecule has 0 unspecified atom stereocenters. The molecule has 1 heterocycles. The zero-order valence-corrected chi connectivity index (χ0v) is 19.0. The Bertz CT molecular complexity index is 1380. The van der Waals surface area contributed by atoms with Crippen molar-refractivity contribution in [3.05, 3.63) is 91.5 Å². The van der Waals surface area contributed by atoms with Crippen molar-refractivity contribution in [1.82, 2.24) is 0 Å². The minimum atomic E-state index is -0.514. The monoisotopic (exact) mass is 487 g/mol. The highest BCUT2D eigenvalue weighted by Gasteiger charge is 2.19. The molecule has 0 saturated carbocycles. The Kier molecular flexibility index (Phi) is 6.42. The number of halogens is 3. The summed E-state index contributed by atoms with van der Waals surface area (Å²) in [6, 6.07) is 16.7. The van der Waals surface area contributed by atoms with Crippen LogP contribution in [0.25, 0.3) is 22.3 Å². The number of rotatable bonds is 5. The lowest BCUT2D eigenvalue weighted by molar-refractivity contribution is -0.118. The molecule has 0 aliphatic heterocycles. The normalized spacial score (nSPS) is 10.9. The van der Waals surface area contributed by atoms with E-state index in [1.54, 1.807) is 54.6 Å². The molecule has 1 N–H and O–H groups in total. The number of hydrogen-bond donors (Lipinski definition) is 1. The van der Waals surface area contributed by atoms with Crippen molar-refractivity contribution in [3.8, 4) is 17.1 Å². The van der Waals surface area contributed by atoms with Crippen LogP contribution in [0.5, 0.6) is 5.75 Å². The van der Waals surface area contributed by atoms with Gasteiger partial charge in [0.05, 0.1) is 16.1 Å². The highest BCUT2D eigenvalue weighted by Crippen LogP contribution is 2.32. The molecule has 0 radical (unpaired) electrons. The summed E-state index contributed by atoms with van der Waals surface area (Å²) in [6.45, 7) is 1.46. The molecule has 4 aromatic rings. The van der Waals surface area contributed by atoms with E-state index < -0.39 is 12.5 Å². The van der Waals surface area contributed by atoms with Gasteiger partial charge in [-0.15, -0.1) is 0 Å². The number of nitrogens with one attached hydrogen (secondary N) is 1. The van der Waals surface area contributed by atoms with Gasteiger partial charge in [0.2, 0.25) is 11.2 Å². The van der Waals surface area contributed by atoms with Gasteiger partial charge in [0.25, 0.3) is 5.91 Å². The third kappa shape index (κ3) is 4.75. The highest BCUT2D eigenvalue weighted by atomic mass is 35.5. The first kappa shape index (κ1) is 22.2. The first-order valence-electron chi connectivity index (χ1n) is 9.53. The van der Waals surface area contributed by atoms with E-state index in [1.807, 2.05) is 6.92 Å². The molecule has 0 aliphatic carbocycles. The average Bonchev–Trinajstić information content (AvgIpc) is 2.76. The van der Waals surface area contributed by atoms with E-state index >= 15 is 0 Å². The number of carbonyl (C=O) groups is 1. The molecule has 0 aliphatic rings. The van der Waals surface area contributed by atoms with Crippen LogP contribution in [0.2, 0.25) is 15.1 Å². The number of carbonyl (C=O) groups excluding carboxylic acids is 1. The third-order valence-corrected chi connectivity index (χ3v) is 5.48. The van der Waals surface area contributed by atoms with Gasteiger partial charge in [-0.2, -0.15) is 0 Å². The topological polar surface area (TPSA) is 68.5 Å². The lowest BCUT2D eigenvalue weighted by Gasteiger charge is -2.13. The van der Waals surface area contributed by atoms with Gasteiger partial charge in [-0.05, 0) is 67.1 Å². The molecular formula is C24H16Cl3NO4. The Morgan fingerprint density at radius 1 is 0.969 bits per heavy atom. The van der Waals surface area contributed by atoms with Gasteiger partial charge >= 0.3 is 0 Å². The Morgan fingerprint density at radius 3 is 2.44 bits per heavy atom. The minimum Gasteiger partial charge on any atom is -0.476 e. The third-order valence-electron chi connectivity index (χ3n) is 4.66.